The summed E-state index contributed by atoms with van der Waals surface area (Å²) in [5, 5.41) is 3.33. The standard InChI is InChI=1S/C15H18FNO2/c16-15-14-7-6-13(8-12(14)10-19-17-15)18-9-11-4-2-1-3-5-11/h6-8,11H,1-5,9-10H2. The predicted octanol–water partition coefficient (Wildman–Crippen LogP) is 3.81. The Morgan fingerprint density at radius 2 is 2.11 bits per heavy atom. The molecule has 1 aliphatic heterocycles. The number of hydrogen-bond donors (Lipinski definition) is 0. The molecule has 1 aromatic rings. The first-order valence-corrected chi connectivity index (χ1v) is 6.94. The normalized spacial score (nSPS) is 19.3. The minimum absolute atomic E-state index is 0.309. The van der Waals surface area contributed by atoms with E-state index >= 15 is 0 Å². The lowest BCUT2D eigenvalue weighted by Gasteiger charge is -2.22. The number of rotatable bonds is 3. The van der Waals surface area contributed by atoms with Gasteiger partial charge < -0.3 is 9.57 Å². The van der Waals surface area contributed by atoms with E-state index in [1.807, 2.05) is 12.1 Å². The van der Waals surface area contributed by atoms with Gasteiger partial charge in [-0.25, -0.2) is 0 Å². The number of halogens is 1. The number of fused-ring (bicyclic) bond motifs is 1. The fourth-order valence-electron chi connectivity index (χ4n) is 2.76. The molecule has 3 rings (SSSR count). The highest BCUT2D eigenvalue weighted by atomic mass is 19.1. The Balaban J connectivity index is 1.64. The van der Waals surface area contributed by atoms with Crippen LogP contribution in [0.15, 0.2) is 23.4 Å². The minimum atomic E-state index is -0.555. The first-order chi connectivity index (χ1) is 9.33. The summed E-state index contributed by atoms with van der Waals surface area (Å²) in [5.41, 5.74) is 1.31. The molecule has 1 heterocycles. The molecule has 0 atom stereocenters. The SMILES string of the molecule is FC1=NOCc2cc(OCC3CCCCC3)ccc21. The summed E-state index contributed by atoms with van der Waals surface area (Å²) in [4.78, 5) is 4.82. The zero-order valence-electron chi connectivity index (χ0n) is 10.9. The van der Waals surface area contributed by atoms with Crippen molar-refractivity contribution in [3.05, 3.63) is 29.3 Å². The van der Waals surface area contributed by atoms with Crippen molar-refractivity contribution < 1.29 is 14.0 Å². The zero-order valence-corrected chi connectivity index (χ0v) is 10.9. The maximum absolute atomic E-state index is 13.4. The fourth-order valence-corrected chi connectivity index (χ4v) is 2.76. The van der Waals surface area contributed by atoms with Crippen LogP contribution < -0.4 is 4.74 Å². The molecule has 0 spiro atoms. The lowest BCUT2D eigenvalue weighted by molar-refractivity contribution is 0.121. The van der Waals surface area contributed by atoms with Crippen molar-refractivity contribution >= 4 is 5.97 Å². The van der Waals surface area contributed by atoms with Crippen molar-refractivity contribution in [3.63, 3.8) is 0 Å². The number of ether oxygens (including phenoxy) is 1. The van der Waals surface area contributed by atoms with E-state index in [9.17, 15) is 4.39 Å². The molecule has 0 aromatic heterocycles. The van der Waals surface area contributed by atoms with Crippen LogP contribution in [0.4, 0.5) is 4.39 Å². The number of benzene rings is 1. The molecule has 1 fully saturated rings. The van der Waals surface area contributed by atoms with Crippen LogP contribution in [0.2, 0.25) is 0 Å². The van der Waals surface area contributed by atoms with Gasteiger partial charge in [0.05, 0.1) is 6.61 Å². The van der Waals surface area contributed by atoms with Crippen molar-refractivity contribution in [2.24, 2.45) is 11.1 Å². The first kappa shape index (κ1) is 12.5. The minimum Gasteiger partial charge on any atom is -0.493 e. The largest absolute Gasteiger partial charge is 0.493 e. The van der Waals surface area contributed by atoms with Crippen molar-refractivity contribution in [1.29, 1.82) is 0 Å². The van der Waals surface area contributed by atoms with E-state index in [-0.39, 0.29) is 0 Å². The first-order valence-electron chi connectivity index (χ1n) is 6.94. The third kappa shape index (κ3) is 2.88. The monoisotopic (exact) mass is 263 g/mol. The van der Waals surface area contributed by atoms with Gasteiger partial charge in [0.1, 0.15) is 12.4 Å². The average Bonchev–Trinajstić information content (AvgIpc) is 2.46. The Kier molecular flexibility index (Phi) is 3.67. The van der Waals surface area contributed by atoms with E-state index in [2.05, 4.69) is 5.16 Å². The van der Waals surface area contributed by atoms with Crippen molar-refractivity contribution in [3.8, 4) is 5.75 Å². The van der Waals surface area contributed by atoms with Gasteiger partial charge >= 0.3 is 0 Å². The molecule has 1 aromatic carbocycles. The summed E-state index contributed by atoms with van der Waals surface area (Å²) in [6.07, 6.45) is 6.50. The topological polar surface area (TPSA) is 30.8 Å². The van der Waals surface area contributed by atoms with Crippen LogP contribution >= 0.6 is 0 Å². The summed E-state index contributed by atoms with van der Waals surface area (Å²) in [5.74, 6) is 0.905. The van der Waals surface area contributed by atoms with Gasteiger partial charge in [-0.05, 0) is 37.0 Å². The molecule has 102 valence electrons. The van der Waals surface area contributed by atoms with Crippen LogP contribution in [0.1, 0.15) is 43.2 Å². The molecular formula is C15H18FNO2. The molecule has 0 N–H and O–H groups in total. The molecule has 0 bridgehead atoms. The molecule has 0 amide bonds. The van der Waals surface area contributed by atoms with Gasteiger partial charge in [0.15, 0.2) is 0 Å². The van der Waals surface area contributed by atoms with Gasteiger partial charge in [-0.3, -0.25) is 0 Å². The Morgan fingerprint density at radius 3 is 2.95 bits per heavy atom. The second-order valence-corrected chi connectivity index (χ2v) is 5.29. The second kappa shape index (κ2) is 5.59. The third-order valence-electron chi connectivity index (χ3n) is 3.87. The summed E-state index contributed by atoms with van der Waals surface area (Å²) in [6.45, 7) is 1.07. The Hall–Kier alpha value is -1.58. The van der Waals surface area contributed by atoms with E-state index in [4.69, 9.17) is 9.57 Å². The van der Waals surface area contributed by atoms with Gasteiger partial charge in [0.2, 0.25) is 0 Å². The summed E-state index contributed by atoms with van der Waals surface area (Å²) < 4.78 is 19.2. The van der Waals surface area contributed by atoms with E-state index in [1.54, 1.807) is 6.07 Å². The molecule has 0 unspecified atom stereocenters. The highest BCUT2D eigenvalue weighted by molar-refractivity contribution is 5.94. The third-order valence-corrected chi connectivity index (χ3v) is 3.87. The summed E-state index contributed by atoms with van der Waals surface area (Å²) in [7, 11) is 0. The Morgan fingerprint density at radius 1 is 1.26 bits per heavy atom. The lowest BCUT2D eigenvalue weighted by atomic mass is 9.90. The number of nitrogens with zero attached hydrogens (tertiary/aromatic N) is 1. The molecule has 19 heavy (non-hydrogen) atoms. The van der Waals surface area contributed by atoms with Gasteiger partial charge in [-0.2, -0.15) is 4.39 Å². The van der Waals surface area contributed by atoms with E-state index in [1.165, 1.54) is 32.1 Å². The highest BCUT2D eigenvalue weighted by Crippen LogP contribution is 2.26. The van der Waals surface area contributed by atoms with Crippen LogP contribution in [0.25, 0.3) is 0 Å². The molecular weight excluding hydrogens is 245 g/mol. The van der Waals surface area contributed by atoms with Crippen LogP contribution in [-0.2, 0) is 11.4 Å². The number of oxime groups is 1. The number of hydrogen-bond acceptors (Lipinski definition) is 3. The van der Waals surface area contributed by atoms with Crippen LogP contribution in [0.5, 0.6) is 5.75 Å². The molecule has 2 aliphatic rings. The maximum Gasteiger partial charge on any atom is 0.257 e. The van der Waals surface area contributed by atoms with Crippen LogP contribution in [0.3, 0.4) is 0 Å². The van der Waals surface area contributed by atoms with E-state index in [0.717, 1.165) is 17.9 Å². The van der Waals surface area contributed by atoms with E-state index < -0.39 is 5.97 Å². The quantitative estimate of drug-likeness (QED) is 0.830. The fraction of sp³-hybridized carbons (Fsp3) is 0.533. The van der Waals surface area contributed by atoms with E-state index in [0.29, 0.717) is 18.1 Å². The van der Waals surface area contributed by atoms with Gasteiger partial charge in [-0.15, -0.1) is 0 Å². The molecule has 1 saturated carbocycles. The Bertz CT molecular complexity index is 481. The highest BCUT2D eigenvalue weighted by Gasteiger charge is 2.17. The average molecular weight is 263 g/mol. The molecule has 1 aliphatic carbocycles. The summed E-state index contributed by atoms with van der Waals surface area (Å²) in [6, 6.07) is 5.38. The molecule has 0 radical (unpaired) electrons. The van der Waals surface area contributed by atoms with Gasteiger partial charge in [0.25, 0.3) is 5.97 Å². The maximum atomic E-state index is 13.4. The predicted molar refractivity (Wildman–Crippen MR) is 70.9 cm³/mol. The molecule has 4 heteroatoms. The van der Waals surface area contributed by atoms with Crippen molar-refractivity contribution in [2.45, 2.75) is 38.7 Å². The zero-order chi connectivity index (χ0) is 13.1. The molecule has 3 nitrogen and oxygen atoms in total. The summed E-state index contributed by atoms with van der Waals surface area (Å²) >= 11 is 0. The van der Waals surface area contributed by atoms with Crippen molar-refractivity contribution in [2.75, 3.05) is 6.61 Å². The van der Waals surface area contributed by atoms with Crippen LogP contribution in [-0.4, -0.2) is 12.6 Å². The van der Waals surface area contributed by atoms with Gasteiger partial charge in [0, 0.05) is 11.1 Å². The van der Waals surface area contributed by atoms with Crippen molar-refractivity contribution in [1.82, 2.24) is 0 Å². The Labute approximate surface area is 112 Å². The molecule has 0 saturated heterocycles. The smallest absolute Gasteiger partial charge is 0.257 e. The second-order valence-electron chi connectivity index (χ2n) is 5.29. The van der Waals surface area contributed by atoms with Gasteiger partial charge in [-0.1, -0.05) is 24.4 Å². The lowest BCUT2D eigenvalue weighted by Crippen LogP contribution is -2.15. The van der Waals surface area contributed by atoms with Crippen LogP contribution in [0, 0.1) is 5.92 Å².